The first-order chi connectivity index (χ1) is 19.7. The predicted octanol–water partition coefficient (Wildman–Crippen LogP) is 4.87. The van der Waals surface area contributed by atoms with Crippen LogP contribution in [0.25, 0.3) is 0 Å². The number of fused-ring (bicyclic) bond motifs is 1. The molecule has 3 heterocycles. The van der Waals surface area contributed by atoms with E-state index in [0.717, 1.165) is 47.4 Å². The molecule has 13 heteroatoms. The van der Waals surface area contributed by atoms with E-state index in [4.69, 9.17) is 0 Å². The molecule has 4 aliphatic carbocycles. The van der Waals surface area contributed by atoms with Crippen LogP contribution in [0.4, 0.5) is 24.9 Å². The third-order valence-corrected chi connectivity index (χ3v) is 10.7. The minimum atomic E-state index is -2.69. The largest absolute Gasteiger partial charge is 0.352 e. The van der Waals surface area contributed by atoms with E-state index in [-0.39, 0.29) is 47.1 Å². The van der Waals surface area contributed by atoms with Crippen molar-refractivity contribution in [2.24, 2.45) is 24.3 Å². The van der Waals surface area contributed by atoms with E-state index in [9.17, 15) is 22.8 Å². The molecular weight excluding hydrogens is 555 g/mol. The van der Waals surface area contributed by atoms with Gasteiger partial charge in [-0.05, 0) is 68.3 Å². The molecule has 1 amide bonds. The SMILES string of the molecule is Cn1nc(C(F)F)cc1Nc1nncn1[C@H]1CCc2sc(CC(=O)[C@H]3CC34CC4)c(C(=O)NCC3CC(F)C3)c2C1. The number of halogens is 3. The summed E-state index contributed by atoms with van der Waals surface area (Å²) in [7, 11) is 1.57. The molecule has 218 valence electrons. The van der Waals surface area contributed by atoms with Gasteiger partial charge in [-0.3, -0.25) is 18.8 Å². The van der Waals surface area contributed by atoms with Gasteiger partial charge in [0, 0.05) is 47.8 Å². The molecule has 9 nitrogen and oxygen atoms in total. The molecular formula is C28H32F3N7O2S. The molecule has 41 heavy (non-hydrogen) atoms. The number of carbonyl (C=O) groups is 2. The molecule has 0 bridgehead atoms. The Balaban J connectivity index is 1.13. The standard InChI is InChI=1S/C28H32F3N7O2S/c1-37-23(9-19(36-37)25(30)31)34-27-35-33-13-38(27)16-2-3-21-17(8-16)24(26(40)32-12-14-6-15(29)7-14)22(41-21)10-20(39)18-11-28(18)4-5-28/h9,13-16,18,25H,2-8,10-12H2,1H3,(H,32,40)(H,34,35)/t14?,15?,16-,18+/m0/s1. The van der Waals surface area contributed by atoms with E-state index in [1.807, 2.05) is 4.57 Å². The van der Waals surface area contributed by atoms with Crippen LogP contribution < -0.4 is 10.6 Å². The molecule has 3 fully saturated rings. The number of anilines is 2. The second kappa shape index (κ2) is 9.95. The summed E-state index contributed by atoms with van der Waals surface area (Å²) in [6.07, 6.45) is 4.65. The molecule has 0 aromatic carbocycles. The molecule has 2 atom stereocenters. The lowest BCUT2D eigenvalue weighted by Gasteiger charge is -2.29. The highest BCUT2D eigenvalue weighted by molar-refractivity contribution is 7.12. The van der Waals surface area contributed by atoms with Crippen LogP contribution in [0.1, 0.15) is 82.4 Å². The third-order valence-electron chi connectivity index (χ3n) is 9.40. The Labute approximate surface area is 238 Å². The zero-order valence-corrected chi connectivity index (χ0v) is 23.5. The van der Waals surface area contributed by atoms with Crippen molar-refractivity contribution in [3.8, 4) is 0 Å². The number of amides is 1. The number of nitrogens with one attached hydrogen (secondary N) is 2. The zero-order valence-electron chi connectivity index (χ0n) is 22.7. The van der Waals surface area contributed by atoms with Gasteiger partial charge < -0.3 is 10.6 Å². The Bertz CT molecular complexity index is 1500. The van der Waals surface area contributed by atoms with Gasteiger partial charge in [-0.15, -0.1) is 21.5 Å². The predicted molar refractivity (Wildman–Crippen MR) is 145 cm³/mol. The van der Waals surface area contributed by atoms with Crippen LogP contribution in [0, 0.1) is 17.3 Å². The van der Waals surface area contributed by atoms with Gasteiger partial charge in [0.05, 0.1) is 5.56 Å². The van der Waals surface area contributed by atoms with Gasteiger partial charge in [0.25, 0.3) is 12.3 Å². The number of hydrogen-bond donors (Lipinski definition) is 2. The Kier molecular flexibility index (Phi) is 6.47. The van der Waals surface area contributed by atoms with E-state index in [0.29, 0.717) is 43.1 Å². The molecule has 0 aliphatic heterocycles. The number of aryl methyl sites for hydroxylation is 2. The van der Waals surface area contributed by atoms with Crippen molar-refractivity contribution < 1.29 is 22.8 Å². The number of thiophene rings is 1. The van der Waals surface area contributed by atoms with Crippen molar-refractivity contribution in [1.29, 1.82) is 0 Å². The van der Waals surface area contributed by atoms with Gasteiger partial charge in [0.1, 0.15) is 29.8 Å². The first-order valence-corrected chi connectivity index (χ1v) is 15.1. The maximum absolute atomic E-state index is 13.6. The lowest BCUT2D eigenvalue weighted by atomic mass is 9.83. The zero-order chi connectivity index (χ0) is 28.5. The summed E-state index contributed by atoms with van der Waals surface area (Å²) in [4.78, 5) is 28.7. The van der Waals surface area contributed by atoms with Gasteiger partial charge in [0.15, 0.2) is 0 Å². The van der Waals surface area contributed by atoms with E-state index < -0.39 is 12.6 Å². The number of aromatic nitrogens is 5. The monoisotopic (exact) mass is 587 g/mol. The highest BCUT2D eigenvalue weighted by atomic mass is 32.1. The van der Waals surface area contributed by atoms with E-state index >= 15 is 0 Å². The molecule has 0 unspecified atom stereocenters. The van der Waals surface area contributed by atoms with Crippen molar-refractivity contribution in [3.63, 3.8) is 0 Å². The Hall–Kier alpha value is -3.22. The number of hydrogen-bond acceptors (Lipinski definition) is 7. The Morgan fingerprint density at radius 3 is 2.76 bits per heavy atom. The van der Waals surface area contributed by atoms with Gasteiger partial charge in [-0.1, -0.05) is 0 Å². The lowest BCUT2D eigenvalue weighted by Crippen LogP contribution is -2.37. The summed E-state index contributed by atoms with van der Waals surface area (Å²) in [5.41, 5.74) is 1.47. The molecule has 3 aromatic heterocycles. The van der Waals surface area contributed by atoms with Crippen LogP contribution in [-0.2, 0) is 31.1 Å². The van der Waals surface area contributed by atoms with E-state index in [2.05, 4.69) is 25.9 Å². The number of nitrogens with zero attached hydrogens (tertiary/aromatic N) is 5. The molecule has 0 saturated heterocycles. The van der Waals surface area contributed by atoms with E-state index in [1.165, 1.54) is 10.7 Å². The van der Waals surface area contributed by atoms with Crippen molar-refractivity contribution in [2.75, 3.05) is 11.9 Å². The Morgan fingerprint density at radius 2 is 2.07 bits per heavy atom. The minimum Gasteiger partial charge on any atom is -0.352 e. The topological polar surface area (TPSA) is 107 Å². The van der Waals surface area contributed by atoms with Crippen molar-refractivity contribution in [2.45, 2.75) is 76.4 Å². The molecule has 4 aliphatic rings. The number of carbonyl (C=O) groups excluding carboxylic acids is 2. The third kappa shape index (κ3) is 4.95. The summed E-state index contributed by atoms with van der Waals surface area (Å²) in [5, 5.41) is 18.2. The van der Waals surface area contributed by atoms with Gasteiger partial charge in [-0.25, -0.2) is 13.2 Å². The van der Waals surface area contributed by atoms with E-state index in [1.54, 1.807) is 24.7 Å². The molecule has 0 radical (unpaired) electrons. The Morgan fingerprint density at radius 1 is 1.27 bits per heavy atom. The molecule has 3 saturated carbocycles. The molecule has 1 spiro atoms. The normalized spacial score (nSPS) is 25.6. The van der Waals surface area contributed by atoms with Gasteiger partial charge in [0.2, 0.25) is 5.95 Å². The fraction of sp³-hybridized carbons (Fsp3) is 0.607. The fourth-order valence-electron chi connectivity index (χ4n) is 6.62. The number of alkyl halides is 3. The van der Waals surface area contributed by atoms with Crippen LogP contribution in [-0.4, -0.2) is 49.0 Å². The summed E-state index contributed by atoms with van der Waals surface area (Å²) < 4.78 is 42.9. The molecule has 3 aromatic rings. The van der Waals surface area contributed by atoms with Crippen molar-refractivity contribution in [3.05, 3.63) is 39.0 Å². The smallest absolute Gasteiger partial charge is 0.282 e. The first kappa shape index (κ1) is 26.7. The second-order valence-electron chi connectivity index (χ2n) is 12.2. The highest BCUT2D eigenvalue weighted by Gasteiger charge is 2.65. The maximum atomic E-state index is 13.6. The first-order valence-electron chi connectivity index (χ1n) is 14.3. The number of Topliss-reactive ketones (excluding diaryl/α,β-unsaturated/α-hetero) is 1. The summed E-state index contributed by atoms with van der Waals surface area (Å²) in [6.45, 7) is 0.428. The highest BCUT2D eigenvalue weighted by Crippen LogP contribution is 2.71. The quantitative estimate of drug-likeness (QED) is 0.351. The lowest BCUT2D eigenvalue weighted by molar-refractivity contribution is -0.119. The molecule has 2 N–H and O–H groups in total. The van der Waals surface area contributed by atoms with Gasteiger partial charge in [-0.2, -0.15) is 5.10 Å². The number of rotatable bonds is 10. The van der Waals surface area contributed by atoms with Gasteiger partial charge >= 0.3 is 0 Å². The van der Waals surface area contributed by atoms with Crippen LogP contribution >= 0.6 is 11.3 Å². The van der Waals surface area contributed by atoms with Crippen LogP contribution in [0.2, 0.25) is 0 Å². The average molecular weight is 588 g/mol. The van der Waals surface area contributed by atoms with Crippen LogP contribution in [0.3, 0.4) is 0 Å². The van der Waals surface area contributed by atoms with Crippen molar-refractivity contribution in [1.82, 2.24) is 29.9 Å². The summed E-state index contributed by atoms with van der Waals surface area (Å²) in [5.74, 6) is 1.07. The second-order valence-corrected chi connectivity index (χ2v) is 13.4. The van der Waals surface area contributed by atoms with Crippen molar-refractivity contribution >= 4 is 34.8 Å². The summed E-state index contributed by atoms with van der Waals surface area (Å²) in [6, 6.07) is 1.20. The van der Waals surface area contributed by atoms with Crippen LogP contribution in [0.15, 0.2) is 12.4 Å². The minimum absolute atomic E-state index is 0.0791. The molecule has 7 rings (SSSR count). The summed E-state index contributed by atoms with van der Waals surface area (Å²) >= 11 is 1.57. The average Bonchev–Trinajstić information content (AvgIpc) is 3.68. The maximum Gasteiger partial charge on any atom is 0.282 e. The van der Waals surface area contributed by atoms with Crippen LogP contribution in [0.5, 0.6) is 0 Å². The number of ketones is 1. The fourth-order valence-corrected chi connectivity index (χ4v) is 7.98.